The maximum absolute atomic E-state index is 10.8. The van der Waals surface area contributed by atoms with E-state index >= 15 is 0 Å². The Labute approximate surface area is 88.6 Å². The van der Waals surface area contributed by atoms with Crippen LogP contribution in [-0.2, 0) is 6.42 Å². The summed E-state index contributed by atoms with van der Waals surface area (Å²) in [5, 5.41) is 10.8. The lowest BCUT2D eigenvalue weighted by atomic mass is 10.1. The van der Waals surface area contributed by atoms with E-state index in [1.807, 2.05) is 36.4 Å². The highest BCUT2D eigenvalue weighted by atomic mass is 16.6. The van der Waals surface area contributed by atoms with Gasteiger partial charge in [-0.3, -0.25) is 10.1 Å². The molecule has 0 amide bonds. The molecular weight excluding hydrogens is 190 g/mol. The van der Waals surface area contributed by atoms with Gasteiger partial charge in [0.25, 0.3) is 0 Å². The summed E-state index contributed by atoms with van der Waals surface area (Å²) < 4.78 is 0. The molecule has 0 unspecified atom stereocenters. The van der Waals surface area contributed by atoms with Crippen LogP contribution in [0.1, 0.15) is 18.4 Å². The summed E-state index contributed by atoms with van der Waals surface area (Å²) in [6, 6.07) is 9.57. The Morgan fingerprint density at radius 1 is 1.40 bits per heavy atom. The predicted octanol–water partition coefficient (Wildman–Crippen LogP) is 2.80. The molecule has 78 valence electrons. The van der Waals surface area contributed by atoms with Crippen LogP contribution < -0.4 is 0 Å². The van der Waals surface area contributed by atoms with E-state index in [2.05, 4.69) is 0 Å². The van der Waals surface area contributed by atoms with Crippen LogP contribution in [0.15, 0.2) is 42.1 Å². The number of rotatable bonds is 4. The molecule has 0 aliphatic heterocycles. The normalized spacial score (nSPS) is 16.4. The smallest absolute Gasteiger partial charge is 0.246 e. The van der Waals surface area contributed by atoms with Crippen LogP contribution in [0.25, 0.3) is 0 Å². The highest BCUT2D eigenvalue weighted by Gasteiger charge is 2.23. The van der Waals surface area contributed by atoms with Gasteiger partial charge >= 0.3 is 0 Å². The number of nitro groups is 1. The molecule has 1 aromatic rings. The van der Waals surface area contributed by atoms with Crippen molar-refractivity contribution in [3.63, 3.8) is 0 Å². The van der Waals surface area contributed by atoms with Gasteiger partial charge in [-0.15, -0.1) is 0 Å². The van der Waals surface area contributed by atoms with E-state index in [9.17, 15) is 10.1 Å². The molecule has 1 aromatic carbocycles. The van der Waals surface area contributed by atoms with Crippen LogP contribution in [0.4, 0.5) is 0 Å². The lowest BCUT2D eigenvalue weighted by Crippen LogP contribution is -2.02. The highest BCUT2D eigenvalue weighted by Crippen LogP contribution is 2.31. The molecule has 1 fully saturated rings. The summed E-state index contributed by atoms with van der Waals surface area (Å²) in [7, 11) is 0. The summed E-state index contributed by atoms with van der Waals surface area (Å²) in [5.74, 6) is 0.453. The Morgan fingerprint density at radius 3 is 2.60 bits per heavy atom. The molecule has 0 heterocycles. The Bertz CT molecular complexity index is 380. The second kappa shape index (κ2) is 4.26. The number of allylic oxidation sites excluding steroid dienone is 2. The zero-order valence-corrected chi connectivity index (χ0v) is 8.43. The van der Waals surface area contributed by atoms with Crippen molar-refractivity contribution in [1.82, 2.24) is 0 Å². The molecule has 0 spiro atoms. The quantitative estimate of drug-likeness (QED) is 0.557. The van der Waals surface area contributed by atoms with Gasteiger partial charge in [0.05, 0.1) is 11.3 Å². The van der Waals surface area contributed by atoms with Crippen molar-refractivity contribution in [3.8, 4) is 0 Å². The maximum Gasteiger partial charge on any atom is 0.246 e. The minimum atomic E-state index is -0.259. The molecule has 1 aliphatic carbocycles. The fourth-order valence-electron chi connectivity index (χ4n) is 1.52. The fraction of sp³-hybridized carbons (Fsp3) is 0.333. The molecule has 2 rings (SSSR count). The van der Waals surface area contributed by atoms with Gasteiger partial charge in [-0.2, -0.15) is 0 Å². The largest absolute Gasteiger partial charge is 0.259 e. The molecule has 15 heavy (non-hydrogen) atoms. The second-order valence-electron chi connectivity index (χ2n) is 3.91. The average molecular weight is 203 g/mol. The minimum absolute atomic E-state index is 0.259. The molecule has 0 N–H and O–H groups in total. The van der Waals surface area contributed by atoms with Crippen molar-refractivity contribution in [3.05, 3.63) is 57.8 Å². The van der Waals surface area contributed by atoms with E-state index in [1.165, 1.54) is 0 Å². The van der Waals surface area contributed by atoms with Crippen molar-refractivity contribution in [1.29, 1.82) is 0 Å². The Balaban J connectivity index is 2.10. The van der Waals surface area contributed by atoms with Gasteiger partial charge in [0.15, 0.2) is 0 Å². The number of hydrogen-bond donors (Lipinski definition) is 0. The second-order valence-corrected chi connectivity index (χ2v) is 3.91. The van der Waals surface area contributed by atoms with Gasteiger partial charge < -0.3 is 0 Å². The molecule has 3 heteroatoms. The Kier molecular flexibility index (Phi) is 2.81. The Hall–Kier alpha value is -1.64. The zero-order chi connectivity index (χ0) is 10.7. The van der Waals surface area contributed by atoms with E-state index in [0.29, 0.717) is 18.0 Å². The zero-order valence-electron chi connectivity index (χ0n) is 8.43. The summed E-state index contributed by atoms with van der Waals surface area (Å²) >= 11 is 0. The SMILES string of the molecule is O=[N+]([O-])C(=CC1CC1)Cc1ccccc1. The summed E-state index contributed by atoms with van der Waals surface area (Å²) in [6.45, 7) is 0. The van der Waals surface area contributed by atoms with Crippen molar-refractivity contribution < 1.29 is 4.92 Å². The molecule has 1 saturated carbocycles. The van der Waals surface area contributed by atoms with E-state index in [-0.39, 0.29) is 4.92 Å². The molecule has 3 nitrogen and oxygen atoms in total. The molecule has 0 radical (unpaired) electrons. The minimum Gasteiger partial charge on any atom is -0.259 e. The van der Waals surface area contributed by atoms with Gasteiger partial charge in [-0.25, -0.2) is 0 Å². The fourth-order valence-corrected chi connectivity index (χ4v) is 1.52. The van der Waals surface area contributed by atoms with Crippen LogP contribution >= 0.6 is 0 Å². The molecule has 0 bridgehead atoms. The standard InChI is InChI=1S/C12H13NO2/c14-13(15)12(9-11-6-7-11)8-10-4-2-1-3-5-10/h1-5,9,11H,6-8H2. The Morgan fingerprint density at radius 2 is 2.07 bits per heavy atom. The van der Waals surface area contributed by atoms with Gasteiger partial charge in [0.1, 0.15) is 0 Å². The van der Waals surface area contributed by atoms with E-state index in [0.717, 1.165) is 18.4 Å². The molecule has 1 aliphatic rings. The molecule has 0 saturated heterocycles. The van der Waals surface area contributed by atoms with Crippen LogP contribution in [0.5, 0.6) is 0 Å². The van der Waals surface area contributed by atoms with Crippen molar-refractivity contribution in [2.75, 3.05) is 0 Å². The molecule has 0 aromatic heterocycles. The van der Waals surface area contributed by atoms with E-state index in [4.69, 9.17) is 0 Å². The summed E-state index contributed by atoms with van der Waals surface area (Å²) in [4.78, 5) is 10.5. The van der Waals surface area contributed by atoms with E-state index < -0.39 is 0 Å². The van der Waals surface area contributed by atoms with E-state index in [1.54, 1.807) is 0 Å². The van der Waals surface area contributed by atoms with Gasteiger partial charge in [-0.1, -0.05) is 30.3 Å². The van der Waals surface area contributed by atoms with Crippen molar-refractivity contribution in [2.24, 2.45) is 5.92 Å². The average Bonchev–Trinajstić information content (AvgIpc) is 3.02. The first-order chi connectivity index (χ1) is 7.25. The highest BCUT2D eigenvalue weighted by molar-refractivity contribution is 5.20. The molecular formula is C12H13NO2. The predicted molar refractivity (Wildman–Crippen MR) is 57.9 cm³/mol. The topological polar surface area (TPSA) is 43.1 Å². The monoisotopic (exact) mass is 203 g/mol. The third-order valence-electron chi connectivity index (χ3n) is 2.51. The van der Waals surface area contributed by atoms with Crippen molar-refractivity contribution in [2.45, 2.75) is 19.3 Å². The number of nitrogens with zero attached hydrogens (tertiary/aromatic N) is 1. The lowest BCUT2D eigenvalue weighted by molar-refractivity contribution is -0.427. The van der Waals surface area contributed by atoms with Gasteiger partial charge in [0, 0.05) is 0 Å². The van der Waals surface area contributed by atoms with Gasteiger partial charge in [-0.05, 0) is 30.4 Å². The van der Waals surface area contributed by atoms with Crippen LogP contribution in [0.2, 0.25) is 0 Å². The summed E-state index contributed by atoms with van der Waals surface area (Å²) in [6.07, 6.45) is 4.45. The third-order valence-corrected chi connectivity index (χ3v) is 2.51. The lowest BCUT2D eigenvalue weighted by Gasteiger charge is -1.98. The maximum atomic E-state index is 10.8. The number of hydrogen-bond acceptors (Lipinski definition) is 2. The summed E-state index contributed by atoms with van der Waals surface area (Å²) in [5.41, 5.74) is 1.34. The van der Waals surface area contributed by atoms with Crippen LogP contribution in [0, 0.1) is 16.0 Å². The van der Waals surface area contributed by atoms with Crippen LogP contribution in [0.3, 0.4) is 0 Å². The van der Waals surface area contributed by atoms with Crippen molar-refractivity contribution >= 4 is 0 Å². The first-order valence-corrected chi connectivity index (χ1v) is 5.15. The van der Waals surface area contributed by atoms with Crippen LogP contribution in [-0.4, -0.2) is 4.92 Å². The third kappa shape index (κ3) is 2.91. The first-order valence-electron chi connectivity index (χ1n) is 5.15. The first kappa shape index (κ1) is 9.90. The molecule has 0 atom stereocenters. The number of benzene rings is 1. The van der Waals surface area contributed by atoms with Gasteiger partial charge in [0.2, 0.25) is 5.70 Å².